The highest BCUT2D eigenvalue weighted by atomic mass is 16.4. The molecule has 6 heteroatoms. The first-order valence-electron chi connectivity index (χ1n) is 7.14. The van der Waals surface area contributed by atoms with Gasteiger partial charge >= 0.3 is 6.01 Å². The average molecular weight is 288 g/mol. The first-order chi connectivity index (χ1) is 10.2. The van der Waals surface area contributed by atoms with E-state index in [2.05, 4.69) is 34.3 Å². The summed E-state index contributed by atoms with van der Waals surface area (Å²) in [6, 6.07) is 9.58. The summed E-state index contributed by atoms with van der Waals surface area (Å²) in [5, 5.41) is 10.4. The van der Waals surface area contributed by atoms with Crippen molar-refractivity contribution in [3.8, 4) is 11.5 Å². The van der Waals surface area contributed by atoms with Crippen LogP contribution in [0.2, 0.25) is 0 Å². The lowest BCUT2D eigenvalue weighted by Gasteiger charge is -2.16. The van der Waals surface area contributed by atoms with Crippen molar-refractivity contribution in [2.45, 2.75) is 20.3 Å². The molecule has 0 aliphatic rings. The van der Waals surface area contributed by atoms with Gasteiger partial charge in [0, 0.05) is 18.5 Å². The molecule has 0 radical (unpaired) electrons. The van der Waals surface area contributed by atoms with E-state index in [9.17, 15) is 4.79 Å². The van der Waals surface area contributed by atoms with Crippen molar-refractivity contribution in [1.82, 2.24) is 15.1 Å². The molecule has 1 amide bonds. The van der Waals surface area contributed by atoms with E-state index in [1.54, 1.807) is 0 Å². The van der Waals surface area contributed by atoms with Crippen LogP contribution in [0.3, 0.4) is 0 Å². The first kappa shape index (κ1) is 15.2. The zero-order valence-corrected chi connectivity index (χ0v) is 12.4. The zero-order valence-electron chi connectivity index (χ0n) is 12.4. The Balaban J connectivity index is 1.89. The van der Waals surface area contributed by atoms with Gasteiger partial charge in [0.15, 0.2) is 0 Å². The molecule has 0 bridgehead atoms. The molecule has 0 aliphatic carbocycles. The number of amides is 1. The molecule has 0 saturated carbocycles. The third kappa shape index (κ3) is 4.39. The number of hydrogen-bond donors (Lipinski definition) is 1. The van der Waals surface area contributed by atoms with Gasteiger partial charge in [-0.15, -0.1) is 5.10 Å². The van der Waals surface area contributed by atoms with E-state index >= 15 is 0 Å². The van der Waals surface area contributed by atoms with Crippen molar-refractivity contribution in [1.29, 1.82) is 0 Å². The summed E-state index contributed by atoms with van der Waals surface area (Å²) >= 11 is 0. The standard InChI is InChI=1S/C15H20N4O2/c1-3-19(4-2)11-10-13(20)16-15-18-17-14(21-15)12-8-6-5-7-9-12/h5-9H,3-4,10-11H2,1-2H3,(H,16,18,20). The molecule has 2 rings (SSSR count). The van der Waals surface area contributed by atoms with Crippen molar-refractivity contribution < 1.29 is 9.21 Å². The number of hydrogen-bond acceptors (Lipinski definition) is 5. The smallest absolute Gasteiger partial charge is 0.322 e. The Morgan fingerprint density at radius 2 is 1.90 bits per heavy atom. The second-order valence-corrected chi connectivity index (χ2v) is 4.60. The van der Waals surface area contributed by atoms with Crippen molar-refractivity contribution in [2.24, 2.45) is 0 Å². The fourth-order valence-corrected chi connectivity index (χ4v) is 1.95. The predicted octanol–water partition coefficient (Wildman–Crippen LogP) is 2.41. The van der Waals surface area contributed by atoms with Gasteiger partial charge in [0.25, 0.3) is 0 Å². The molecule has 6 nitrogen and oxygen atoms in total. The highest BCUT2D eigenvalue weighted by molar-refractivity contribution is 5.88. The molecule has 112 valence electrons. The molecule has 0 spiro atoms. The van der Waals surface area contributed by atoms with Crippen LogP contribution in [-0.4, -0.2) is 40.6 Å². The normalized spacial score (nSPS) is 10.8. The number of carbonyl (C=O) groups excluding carboxylic acids is 1. The van der Waals surface area contributed by atoms with Gasteiger partial charge in [-0.25, -0.2) is 0 Å². The lowest BCUT2D eigenvalue weighted by Crippen LogP contribution is -2.27. The lowest BCUT2D eigenvalue weighted by atomic mass is 10.2. The Bertz CT molecular complexity index is 564. The third-order valence-electron chi connectivity index (χ3n) is 3.24. The summed E-state index contributed by atoms with van der Waals surface area (Å²) in [4.78, 5) is 14.0. The number of carbonyl (C=O) groups is 1. The van der Waals surface area contributed by atoms with E-state index in [0.29, 0.717) is 12.3 Å². The average Bonchev–Trinajstić information content (AvgIpc) is 2.97. The van der Waals surface area contributed by atoms with E-state index in [1.807, 2.05) is 30.3 Å². The van der Waals surface area contributed by atoms with Crippen LogP contribution < -0.4 is 5.32 Å². The minimum Gasteiger partial charge on any atom is -0.403 e. The summed E-state index contributed by atoms with van der Waals surface area (Å²) in [6.45, 7) is 6.74. The maximum atomic E-state index is 11.8. The van der Waals surface area contributed by atoms with Crippen molar-refractivity contribution >= 4 is 11.9 Å². The highest BCUT2D eigenvalue weighted by Gasteiger charge is 2.11. The zero-order chi connectivity index (χ0) is 15.1. The molecular formula is C15H20N4O2. The van der Waals surface area contributed by atoms with Gasteiger partial charge in [-0.1, -0.05) is 37.1 Å². The van der Waals surface area contributed by atoms with E-state index in [1.165, 1.54) is 0 Å². The van der Waals surface area contributed by atoms with Gasteiger partial charge in [0.1, 0.15) is 0 Å². The van der Waals surface area contributed by atoms with Gasteiger partial charge < -0.3 is 9.32 Å². The third-order valence-corrected chi connectivity index (χ3v) is 3.24. The van der Waals surface area contributed by atoms with Crippen molar-refractivity contribution in [3.63, 3.8) is 0 Å². The minimum atomic E-state index is -0.120. The van der Waals surface area contributed by atoms with Gasteiger partial charge in [-0.05, 0) is 25.2 Å². The molecule has 0 aliphatic heterocycles. The second kappa shape index (κ2) is 7.54. The van der Waals surface area contributed by atoms with E-state index < -0.39 is 0 Å². The molecule has 0 saturated heterocycles. The summed E-state index contributed by atoms with van der Waals surface area (Å²) in [5.74, 6) is 0.278. The molecule has 0 atom stereocenters. The fourth-order valence-electron chi connectivity index (χ4n) is 1.95. The van der Waals surface area contributed by atoms with Crippen LogP contribution in [0, 0.1) is 0 Å². The Labute approximate surface area is 124 Å². The molecule has 1 N–H and O–H groups in total. The maximum absolute atomic E-state index is 11.8. The van der Waals surface area contributed by atoms with Crippen LogP contribution in [0.5, 0.6) is 0 Å². The van der Waals surface area contributed by atoms with Gasteiger partial charge in [0.2, 0.25) is 11.8 Å². The molecular weight excluding hydrogens is 268 g/mol. The molecule has 1 aromatic heterocycles. The summed E-state index contributed by atoms with van der Waals surface area (Å²) in [6.07, 6.45) is 0.407. The van der Waals surface area contributed by atoms with Crippen LogP contribution >= 0.6 is 0 Å². The van der Waals surface area contributed by atoms with Crippen molar-refractivity contribution in [2.75, 3.05) is 25.0 Å². The van der Waals surface area contributed by atoms with E-state index in [4.69, 9.17) is 4.42 Å². The topological polar surface area (TPSA) is 71.3 Å². The number of nitrogens with one attached hydrogen (secondary N) is 1. The Morgan fingerprint density at radius 1 is 1.19 bits per heavy atom. The van der Waals surface area contributed by atoms with Crippen LogP contribution in [0.1, 0.15) is 20.3 Å². The minimum absolute atomic E-state index is 0.120. The van der Waals surface area contributed by atoms with Crippen LogP contribution in [0.4, 0.5) is 6.01 Å². The Morgan fingerprint density at radius 3 is 2.57 bits per heavy atom. The number of benzene rings is 1. The predicted molar refractivity (Wildman–Crippen MR) is 80.8 cm³/mol. The molecule has 1 aromatic carbocycles. The fraction of sp³-hybridized carbons (Fsp3) is 0.400. The molecule has 0 fully saturated rings. The molecule has 0 unspecified atom stereocenters. The summed E-state index contributed by atoms with van der Waals surface area (Å²) < 4.78 is 5.43. The van der Waals surface area contributed by atoms with Crippen LogP contribution in [0.25, 0.3) is 11.5 Å². The maximum Gasteiger partial charge on any atom is 0.322 e. The van der Waals surface area contributed by atoms with Crippen LogP contribution in [-0.2, 0) is 4.79 Å². The summed E-state index contributed by atoms with van der Waals surface area (Å²) in [7, 11) is 0. The van der Waals surface area contributed by atoms with Gasteiger partial charge in [-0.2, -0.15) is 0 Å². The largest absolute Gasteiger partial charge is 0.403 e. The number of rotatable bonds is 7. The van der Waals surface area contributed by atoms with E-state index in [-0.39, 0.29) is 11.9 Å². The molecule has 2 aromatic rings. The number of anilines is 1. The lowest BCUT2D eigenvalue weighted by molar-refractivity contribution is -0.116. The van der Waals surface area contributed by atoms with Gasteiger partial charge in [0.05, 0.1) is 0 Å². The second-order valence-electron chi connectivity index (χ2n) is 4.60. The monoisotopic (exact) mass is 288 g/mol. The van der Waals surface area contributed by atoms with E-state index in [0.717, 1.165) is 25.2 Å². The summed E-state index contributed by atoms with van der Waals surface area (Å²) in [5.41, 5.74) is 0.827. The Kier molecular flexibility index (Phi) is 5.45. The first-order valence-corrected chi connectivity index (χ1v) is 7.14. The Hall–Kier alpha value is -2.21. The number of aromatic nitrogens is 2. The van der Waals surface area contributed by atoms with Crippen molar-refractivity contribution in [3.05, 3.63) is 30.3 Å². The molecule has 21 heavy (non-hydrogen) atoms. The quantitative estimate of drug-likeness (QED) is 0.847. The highest BCUT2D eigenvalue weighted by Crippen LogP contribution is 2.18. The van der Waals surface area contributed by atoms with Gasteiger partial charge in [-0.3, -0.25) is 10.1 Å². The van der Waals surface area contributed by atoms with Crippen LogP contribution in [0.15, 0.2) is 34.7 Å². The molecule has 1 heterocycles. The SMILES string of the molecule is CCN(CC)CCC(=O)Nc1nnc(-c2ccccc2)o1. The number of nitrogens with zero attached hydrogens (tertiary/aromatic N) is 3.